The monoisotopic (exact) mass is 260 g/mol. The van der Waals surface area contributed by atoms with Crippen molar-refractivity contribution in [3.63, 3.8) is 0 Å². The van der Waals surface area contributed by atoms with Gasteiger partial charge in [-0.1, -0.05) is 24.3 Å². The first-order valence-corrected chi connectivity index (χ1v) is 7.20. The Balaban J connectivity index is 2.13. The zero-order chi connectivity index (χ0) is 13.0. The Morgan fingerprint density at radius 1 is 1.22 bits per heavy atom. The second kappa shape index (κ2) is 6.03. The average Bonchev–Trinajstić information content (AvgIpc) is 2.90. The highest BCUT2D eigenvalue weighted by Gasteiger charge is 2.13. The summed E-state index contributed by atoms with van der Waals surface area (Å²) in [4.78, 5) is 3.60. The van der Waals surface area contributed by atoms with Gasteiger partial charge in [-0.25, -0.2) is 0 Å². The predicted octanol–water partition coefficient (Wildman–Crippen LogP) is 3.58. The molecule has 2 rings (SSSR count). The van der Waals surface area contributed by atoms with Crippen molar-refractivity contribution in [2.24, 2.45) is 5.73 Å². The second-order valence-corrected chi connectivity index (χ2v) is 5.43. The van der Waals surface area contributed by atoms with Crippen LogP contribution in [-0.4, -0.2) is 13.1 Å². The van der Waals surface area contributed by atoms with Crippen LogP contribution in [0.4, 0.5) is 5.69 Å². The average molecular weight is 260 g/mol. The van der Waals surface area contributed by atoms with E-state index in [1.165, 1.54) is 16.1 Å². The SMILES string of the molecule is CCN(CC(N)c1cccs1)c1ccccc1C. The Bertz CT molecular complexity index is 479. The number of aryl methyl sites for hydroxylation is 1. The first-order chi connectivity index (χ1) is 8.72. The summed E-state index contributed by atoms with van der Waals surface area (Å²) in [6, 6.07) is 12.7. The van der Waals surface area contributed by atoms with Gasteiger partial charge in [-0.3, -0.25) is 0 Å². The van der Waals surface area contributed by atoms with E-state index in [9.17, 15) is 0 Å². The van der Waals surface area contributed by atoms with Crippen molar-refractivity contribution in [3.8, 4) is 0 Å². The summed E-state index contributed by atoms with van der Waals surface area (Å²) in [7, 11) is 0. The Kier molecular flexibility index (Phi) is 4.39. The number of anilines is 1. The third-order valence-corrected chi connectivity index (χ3v) is 4.17. The minimum Gasteiger partial charge on any atom is -0.370 e. The molecule has 3 heteroatoms. The highest BCUT2D eigenvalue weighted by atomic mass is 32.1. The van der Waals surface area contributed by atoms with Gasteiger partial charge >= 0.3 is 0 Å². The second-order valence-electron chi connectivity index (χ2n) is 4.45. The smallest absolute Gasteiger partial charge is 0.0567 e. The summed E-state index contributed by atoms with van der Waals surface area (Å²) in [6.45, 7) is 6.16. The van der Waals surface area contributed by atoms with Gasteiger partial charge in [0.1, 0.15) is 0 Å². The van der Waals surface area contributed by atoms with Gasteiger partial charge in [-0.2, -0.15) is 0 Å². The van der Waals surface area contributed by atoms with E-state index < -0.39 is 0 Å². The topological polar surface area (TPSA) is 29.3 Å². The molecule has 0 amide bonds. The van der Waals surface area contributed by atoms with Crippen molar-refractivity contribution in [3.05, 3.63) is 52.2 Å². The van der Waals surface area contributed by atoms with Crippen LogP contribution in [0.15, 0.2) is 41.8 Å². The van der Waals surface area contributed by atoms with Crippen LogP contribution in [0.2, 0.25) is 0 Å². The molecule has 0 aliphatic heterocycles. The number of rotatable bonds is 5. The number of hydrogen-bond donors (Lipinski definition) is 1. The molecule has 1 heterocycles. The first kappa shape index (κ1) is 13.1. The molecule has 1 aromatic heterocycles. The summed E-state index contributed by atoms with van der Waals surface area (Å²) < 4.78 is 0. The lowest BCUT2D eigenvalue weighted by atomic mass is 10.1. The van der Waals surface area contributed by atoms with Gasteiger partial charge in [0, 0.05) is 23.7 Å². The Morgan fingerprint density at radius 2 is 2.00 bits per heavy atom. The van der Waals surface area contributed by atoms with E-state index in [4.69, 9.17) is 5.73 Å². The molecule has 2 aromatic rings. The van der Waals surface area contributed by atoms with E-state index >= 15 is 0 Å². The van der Waals surface area contributed by atoms with E-state index in [-0.39, 0.29) is 6.04 Å². The fourth-order valence-corrected chi connectivity index (χ4v) is 2.87. The number of nitrogens with two attached hydrogens (primary N) is 1. The molecule has 0 saturated carbocycles. The number of likely N-dealkylation sites (N-methyl/N-ethyl adjacent to an activating group) is 1. The summed E-state index contributed by atoms with van der Waals surface area (Å²) in [6.07, 6.45) is 0. The van der Waals surface area contributed by atoms with E-state index in [0.717, 1.165) is 13.1 Å². The molecule has 1 unspecified atom stereocenters. The molecule has 0 aliphatic carbocycles. The minimum absolute atomic E-state index is 0.0876. The van der Waals surface area contributed by atoms with Crippen molar-refractivity contribution >= 4 is 17.0 Å². The molecule has 18 heavy (non-hydrogen) atoms. The maximum Gasteiger partial charge on any atom is 0.0567 e. The molecule has 0 aliphatic rings. The zero-order valence-electron chi connectivity index (χ0n) is 11.0. The third-order valence-electron chi connectivity index (χ3n) is 3.16. The van der Waals surface area contributed by atoms with Gasteiger partial charge in [-0.05, 0) is 36.9 Å². The zero-order valence-corrected chi connectivity index (χ0v) is 11.8. The lowest BCUT2D eigenvalue weighted by molar-refractivity contribution is 0.685. The van der Waals surface area contributed by atoms with Crippen molar-refractivity contribution < 1.29 is 0 Å². The molecule has 1 aromatic carbocycles. The molecule has 1 atom stereocenters. The fourth-order valence-electron chi connectivity index (χ4n) is 2.15. The van der Waals surface area contributed by atoms with Crippen molar-refractivity contribution in [2.45, 2.75) is 19.9 Å². The van der Waals surface area contributed by atoms with E-state index in [1.807, 2.05) is 0 Å². The summed E-state index contributed by atoms with van der Waals surface area (Å²) >= 11 is 1.73. The van der Waals surface area contributed by atoms with Gasteiger partial charge in [0.25, 0.3) is 0 Å². The maximum atomic E-state index is 6.27. The van der Waals surface area contributed by atoms with Crippen molar-refractivity contribution in [1.82, 2.24) is 0 Å². The largest absolute Gasteiger partial charge is 0.370 e. The molecule has 0 spiro atoms. The van der Waals surface area contributed by atoms with Crippen LogP contribution in [0.25, 0.3) is 0 Å². The minimum atomic E-state index is 0.0876. The molecule has 2 nitrogen and oxygen atoms in total. The summed E-state index contributed by atoms with van der Waals surface area (Å²) in [5, 5.41) is 2.08. The van der Waals surface area contributed by atoms with Gasteiger partial charge < -0.3 is 10.6 Å². The van der Waals surface area contributed by atoms with E-state index in [1.54, 1.807) is 11.3 Å². The fraction of sp³-hybridized carbons (Fsp3) is 0.333. The molecule has 2 N–H and O–H groups in total. The van der Waals surface area contributed by atoms with Crippen LogP contribution in [-0.2, 0) is 0 Å². The van der Waals surface area contributed by atoms with Gasteiger partial charge in [0.05, 0.1) is 6.04 Å². The predicted molar refractivity (Wildman–Crippen MR) is 80.3 cm³/mol. The standard InChI is InChI=1S/C15H20N2S/c1-3-17(14-8-5-4-7-12(14)2)11-13(16)15-9-6-10-18-15/h4-10,13H,3,11,16H2,1-2H3. The van der Waals surface area contributed by atoms with E-state index in [0.29, 0.717) is 0 Å². The number of hydrogen-bond acceptors (Lipinski definition) is 3. The van der Waals surface area contributed by atoms with Crippen LogP contribution >= 0.6 is 11.3 Å². The number of nitrogens with zero attached hydrogens (tertiary/aromatic N) is 1. The molecule has 0 saturated heterocycles. The quantitative estimate of drug-likeness (QED) is 0.890. The molecule has 0 bridgehead atoms. The Labute approximate surface area is 113 Å². The molecular formula is C15H20N2S. The van der Waals surface area contributed by atoms with Gasteiger partial charge in [0.2, 0.25) is 0 Å². The van der Waals surface area contributed by atoms with Crippen LogP contribution in [0.3, 0.4) is 0 Å². The highest BCUT2D eigenvalue weighted by Crippen LogP contribution is 2.23. The van der Waals surface area contributed by atoms with Crippen LogP contribution in [0.1, 0.15) is 23.4 Å². The van der Waals surface area contributed by atoms with Crippen LogP contribution in [0.5, 0.6) is 0 Å². The van der Waals surface area contributed by atoms with Crippen LogP contribution in [0, 0.1) is 6.92 Å². The molecule has 0 radical (unpaired) electrons. The summed E-state index contributed by atoms with van der Waals surface area (Å²) in [5.74, 6) is 0. The first-order valence-electron chi connectivity index (χ1n) is 6.32. The lowest BCUT2D eigenvalue weighted by Gasteiger charge is -2.27. The third kappa shape index (κ3) is 2.92. The van der Waals surface area contributed by atoms with Gasteiger partial charge in [-0.15, -0.1) is 11.3 Å². The normalized spacial score (nSPS) is 12.4. The Morgan fingerprint density at radius 3 is 2.61 bits per heavy atom. The molecule has 0 fully saturated rings. The lowest BCUT2D eigenvalue weighted by Crippen LogP contribution is -2.32. The van der Waals surface area contributed by atoms with Crippen molar-refractivity contribution in [2.75, 3.05) is 18.0 Å². The maximum absolute atomic E-state index is 6.27. The highest BCUT2D eigenvalue weighted by molar-refractivity contribution is 7.10. The molecular weight excluding hydrogens is 240 g/mol. The number of benzene rings is 1. The summed E-state index contributed by atoms with van der Waals surface area (Å²) in [5.41, 5.74) is 8.86. The number of thiophene rings is 1. The van der Waals surface area contributed by atoms with Gasteiger partial charge in [0.15, 0.2) is 0 Å². The number of para-hydroxylation sites is 1. The van der Waals surface area contributed by atoms with Crippen molar-refractivity contribution in [1.29, 1.82) is 0 Å². The molecule has 96 valence electrons. The van der Waals surface area contributed by atoms with E-state index in [2.05, 4.69) is 60.5 Å². The van der Waals surface area contributed by atoms with Crippen LogP contribution < -0.4 is 10.6 Å². The Hall–Kier alpha value is -1.32.